The van der Waals surface area contributed by atoms with Crippen molar-refractivity contribution in [1.29, 1.82) is 0 Å². The van der Waals surface area contributed by atoms with E-state index in [4.69, 9.17) is 5.73 Å². The molecule has 0 aliphatic carbocycles. The number of hydrogen-bond acceptors (Lipinski definition) is 3. The number of nitrogens with two attached hydrogens (primary N) is 1. The summed E-state index contributed by atoms with van der Waals surface area (Å²) in [6.45, 7) is 6.34. The van der Waals surface area contributed by atoms with Gasteiger partial charge in [0.25, 0.3) is 0 Å². The molecular weight excluding hydrogens is 275 g/mol. The number of rotatable bonds is 7. The van der Waals surface area contributed by atoms with E-state index in [1.54, 1.807) is 6.07 Å². The summed E-state index contributed by atoms with van der Waals surface area (Å²) in [6, 6.07) is 4.77. The van der Waals surface area contributed by atoms with E-state index in [1.807, 2.05) is 6.92 Å². The highest BCUT2D eigenvalue weighted by atomic mass is 32.2. The van der Waals surface area contributed by atoms with Crippen LogP contribution in [0.4, 0.5) is 10.1 Å². The van der Waals surface area contributed by atoms with Gasteiger partial charge in [0.05, 0.1) is 11.4 Å². The molecule has 0 saturated heterocycles. The summed E-state index contributed by atoms with van der Waals surface area (Å²) in [6.07, 6.45) is 2.07. The fraction of sp³-hybridized carbons (Fsp3) is 0.533. The van der Waals surface area contributed by atoms with Crippen molar-refractivity contribution in [3.63, 3.8) is 0 Å². The molecule has 0 fully saturated rings. The van der Waals surface area contributed by atoms with Crippen LogP contribution < -0.4 is 11.1 Å². The molecule has 3 N–H and O–H groups in total. The van der Waals surface area contributed by atoms with Gasteiger partial charge in [0.2, 0.25) is 5.91 Å². The Labute approximate surface area is 124 Å². The van der Waals surface area contributed by atoms with Crippen molar-refractivity contribution >= 4 is 23.4 Å². The molecule has 5 heteroatoms. The minimum atomic E-state index is -0.444. The number of benzene rings is 1. The second kappa shape index (κ2) is 8.15. The van der Waals surface area contributed by atoms with Crippen molar-refractivity contribution in [2.24, 2.45) is 5.92 Å². The molecule has 0 aromatic heterocycles. The first kappa shape index (κ1) is 16.8. The van der Waals surface area contributed by atoms with Gasteiger partial charge in [-0.1, -0.05) is 13.8 Å². The molecule has 1 aromatic carbocycles. The third-order valence-electron chi connectivity index (χ3n) is 2.93. The molecule has 1 rings (SSSR count). The van der Waals surface area contributed by atoms with Crippen molar-refractivity contribution in [3.8, 4) is 0 Å². The minimum Gasteiger partial charge on any atom is -0.396 e. The molecule has 1 amide bonds. The van der Waals surface area contributed by atoms with Crippen LogP contribution in [-0.2, 0) is 4.79 Å². The van der Waals surface area contributed by atoms with Crippen LogP contribution in [0.25, 0.3) is 0 Å². The molecule has 1 unspecified atom stereocenters. The van der Waals surface area contributed by atoms with Gasteiger partial charge in [-0.05, 0) is 43.9 Å². The summed E-state index contributed by atoms with van der Waals surface area (Å²) in [5, 5.41) is 2.95. The number of anilines is 1. The number of carbonyl (C=O) groups excluding carboxylic acids is 1. The van der Waals surface area contributed by atoms with E-state index in [2.05, 4.69) is 19.2 Å². The van der Waals surface area contributed by atoms with Crippen LogP contribution in [0.15, 0.2) is 23.1 Å². The number of carbonyl (C=O) groups is 1. The van der Waals surface area contributed by atoms with Crippen molar-refractivity contribution in [3.05, 3.63) is 24.0 Å². The van der Waals surface area contributed by atoms with E-state index < -0.39 is 5.82 Å². The molecule has 0 spiro atoms. The average molecular weight is 298 g/mol. The summed E-state index contributed by atoms with van der Waals surface area (Å²) in [5.41, 5.74) is 5.53. The molecule has 0 bridgehead atoms. The molecular formula is C15H23FN2OS. The molecule has 1 aromatic rings. The first-order valence-electron chi connectivity index (χ1n) is 6.85. The number of halogens is 1. The van der Waals surface area contributed by atoms with Crippen molar-refractivity contribution in [2.45, 2.75) is 44.6 Å². The van der Waals surface area contributed by atoms with Crippen LogP contribution in [-0.4, -0.2) is 17.7 Å². The lowest BCUT2D eigenvalue weighted by Gasteiger charge is -2.15. The number of thioether (sulfide) groups is 1. The number of amides is 1. The number of nitrogen functional groups attached to an aromatic ring is 1. The van der Waals surface area contributed by atoms with Crippen LogP contribution in [0.2, 0.25) is 0 Å². The first-order valence-corrected chi connectivity index (χ1v) is 7.84. The van der Waals surface area contributed by atoms with E-state index in [0.717, 1.165) is 12.8 Å². The van der Waals surface area contributed by atoms with Crippen LogP contribution in [0, 0.1) is 11.7 Å². The topological polar surface area (TPSA) is 55.1 Å². The Morgan fingerprint density at radius 3 is 2.65 bits per heavy atom. The van der Waals surface area contributed by atoms with Gasteiger partial charge in [-0.2, -0.15) is 0 Å². The zero-order valence-corrected chi connectivity index (χ0v) is 13.1. The maximum Gasteiger partial charge on any atom is 0.230 e. The van der Waals surface area contributed by atoms with Crippen LogP contribution in [0.3, 0.4) is 0 Å². The fourth-order valence-corrected chi connectivity index (χ4v) is 2.45. The smallest absolute Gasteiger partial charge is 0.230 e. The van der Waals surface area contributed by atoms with Crippen molar-refractivity contribution in [2.75, 3.05) is 11.5 Å². The summed E-state index contributed by atoms with van der Waals surface area (Å²) < 4.78 is 13.3. The number of nitrogens with one attached hydrogen (secondary N) is 1. The maximum absolute atomic E-state index is 13.3. The molecule has 0 heterocycles. The van der Waals surface area contributed by atoms with Crippen molar-refractivity contribution < 1.29 is 9.18 Å². The summed E-state index contributed by atoms with van der Waals surface area (Å²) in [7, 11) is 0. The predicted molar refractivity (Wildman–Crippen MR) is 83.2 cm³/mol. The highest BCUT2D eigenvalue weighted by Gasteiger charge is 2.09. The van der Waals surface area contributed by atoms with Gasteiger partial charge in [-0.3, -0.25) is 4.79 Å². The Kier molecular flexibility index (Phi) is 6.85. The quantitative estimate of drug-likeness (QED) is 0.599. The van der Waals surface area contributed by atoms with Crippen LogP contribution in [0.5, 0.6) is 0 Å². The van der Waals surface area contributed by atoms with Gasteiger partial charge in [0, 0.05) is 10.9 Å². The molecule has 1 atom stereocenters. The molecule has 0 saturated carbocycles. The zero-order valence-electron chi connectivity index (χ0n) is 12.3. The molecule has 3 nitrogen and oxygen atoms in total. The predicted octanol–water partition coefficient (Wildman–Crippen LogP) is 3.44. The monoisotopic (exact) mass is 298 g/mol. The largest absolute Gasteiger partial charge is 0.396 e. The SMILES string of the molecule is CC(C)CCC(C)NC(=O)CSc1ccc(N)c(F)c1. The lowest BCUT2D eigenvalue weighted by molar-refractivity contribution is -0.119. The second-order valence-corrected chi connectivity index (χ2v) is 6.46. The Balaban J connectivity index is 2.33. The zero-order chi connectivity index (χ0) is 15.1. The lowest BCUT2D eigenvalue weighted by Crippen LogP contribution is -2.34. The third-order valence-corrected chi connectivity index (χ3v) is 3.92. The third kappa shape index (κ3) is 6.28. The van der Waals surface area contributed by atoms with E-state index in [1.165, 1.54) is 23.9 Å². The van der Waals surface area contributed by atoms with E-state index in [9.17, 15) is 9.18 Å². The Hall–Kier alpha value is -1.23. The van der Waals surface area contributed by atoms with Gasteiger partial charge in [0.15, 0.2) is 0 Å². The lowest BCUT2D eigenvalue weighted by atomic mass is 10.0. The van der Waals surface area contributed by atoms with Gasteiger partial charge in [0.1, 0.15) is 5.82 Å². The average Bonchev–Trinajstić information content (AvgIpc) is 2.38. The summed E-state index contributed by atoms with van der Waals surface area (Å²) in [5.74, 6) is 0.459. The molecule has 0 aliphatic heterocycles. The van der Waals surface area contributed by atoms with E-state index in [0.29, 0.717) is 10.8 Å². The standard InChI is InChI=1S/C15H23FN2OS/c1-10(2)4-5-11(3)18-15(19)9-20-12-6-7-14(17)13(16)8-12/h6-8,10-11H,4-5,9,17H2,1-3H3,(H,18,19). The van der Waals surface area contributed by atoms with Crippen LogP contribution in [0.1, 0.15) is 33.6 Å². The van der Waals surface area contributed by atoms with Gasteiger partial charge >= 0.3 is 0 Å². The summed E-state index contributed by atoms with van der Waals surface area (Å²) >= 11 is 1.31. The highest BCUT2D eigenvalue weighted by molar-refractivity contribution is 8.00. The molecule has 0 aliphatic rings. The van der Waals surface area contributed by atoms with E-state index in [-0.39, 0.29) is 23.4 Å². The Morgan fingerprint density at radius 2 is 2.05 bits per heavy atom. The Morgan fingerprint density at radius 1 is 1.35 bits per heavy atom. The summed E-state index contributed by atoms with van der Waals surface area (Å²) in [4.78, 5) is 12.5. The maximum atomic E-state index is 13.3. The Bertz CT molecular complexity index is 451. The van der Waals surface area contributed by atoms with Crippen molar-refractivity contribution in [1.82, 2.24) is 5.32 Å². The molecule has 0 radical (unpaired) electrons. The molecule has 112 valence electrons. The fourth-order valence-electron chi connectivity index (χ4n) is 1.72. The van der Waals surface area contributed by atoms with E-state index >= 15 is 0 Å². The first-order chi connectivity index (χ1) is 9.38. The second-order valence-electron chi connectivity index (χ2n) is 5.41. The van der Waals surface area contributed by atoms with Gasteiger partial charge in [-0.15, -0.1) is 11.8 Å². The molecule has 20 heavy (non-hydrogen) atoms. The minimum absolute atomic E-state index is 0.0245. The normalized spacial score (nSPS) is 12.4. The highest BCUT2D eigenvalue weighted by Crippen LogP contribution is 2.21. The van der Waals surface area contributed by atoms with Gasteiger partial charge in [-0.25, -0.2) is 4.39 Å². The number of hydrogen-bond donors (Lipinski definition) is 2. The van der Waals surface area contributed by atoms with Gasteiger partial charge < -0.3 is 11.1 Å². The van der Waals surface area contributed by atoms with Crippen LogP contribution >= 0.6 is 11.8 Å².